The molecule has 0 bridgehead atoms. The minimum atomic E-state index is 0.0144. The molecule has 1 atom stereocenters. The molecule has 1 heterocycles. The lowest BCUT2D eigenvalue weighted by molar-refractivity contribution is 0.375. The van der Waals surface area contributed by atoms with Crippen molar-refractivity contribution >= 4 is 11.6 Å². The van der Waals surface area contributed by atoms with Crippen LogP contribution in [0.5, 0.6) is 0 Å². The maximum atomic E-state index is 6.42. The molecule has 108 valence electrons. The summed E-state index contributed by atoms with van der Waals surface area (Å²) in [5.74, 6) is 0.754. The number of nitrogens with zero attached hydrogens (tertiary/aromatic N) is 2. The highest BCUT2D eigenvalue weighted by atomic mass is 35.5. The van der Waals surface area contributed by atoms with Crippen LogP contribution in [0.15, 0.2) is 6.20 Å². The van der Waals surface area contributed by atoms with E-state index in [0.29, 0.717) is 6.04 Å². The molecule has 0 radical (unpaired) electrons. The molecule has 1 aliphatic rings. The molecule has 0 aromatic carbocycles. The average Bonchev–Trinajstić information content (AvgIpc) is 2.58. The third-order valence-electron chi connectivity index (χ3n) is 4.19. The topological polar surface area (TPSA) is 43.8 Å². The minimum Gasteiger partial charge on any atom is -0.323 e. The Hall–Kier alpha value is -0.540. The van der Waals surface area contributed by atoms with Gasteiger partial charge in [-0.25, -0.2) is 0 Å². The van der Waals surface area contributed by atoms with Gasteiger partial charge in [0.15, 0.2) is 0 Å². The molecule has 1 aromatic rings. The molecule has 1 fully saturated rings. The van der Waals surface area contributed by atoms with E-state index >= 15 is 0 Å². The van der Waals surface area contributed by atoms with Gasteiger partial charge in [0.05, 0.1) is 16.9 Å². The van der Waals surface area contributed by atoms with Gasteiger partial charge in [-0.1, -0.05) is 50.1 Å². The lowest BCUT2D eigenvalue weighted by atomic mass is 9.91. The smallest absolute Gasteiger partial charge is 0.0834 e. The Bertz CT molecular complexity index is 392. The molecule has 1 aromatic heterocycles. The Morgan fingerprint density at radius 1 is 1.32 bits per heavy atom. The zero-order chi connectivity index (χ0) is 13.8. The fourth-order valence-electron chi connectivity index (χ4n) is 3.18. The van der Waals surface area contributed by atoms with Gasteiger partial charge in [0.2, 0.25) is 0 Å². The fourth-order valence-corrected chi connectivity index (χ4v) is 3.45. The van der Waals surface area contributed by atoms with Crippen molar-refractivity contribution in [3.05, 3.63) is 16.9 Å². The summed E-state index contributed by atoms with van der Waals surface area (Å²) in [6.07, 6.45) is 10.9. The van der Waals surface area contributed by atoms with E-state index in [1.54, 1.807) is 6.20 Å². The molecule has 19 heavy (non-hydrogen) atoms. The molecular formula is C15H26ClN3. The second-order valence-corrected chi connectivity index (χ2v) is 6.52. The maximum Gasteiger partial charge on any atom is 0.0834 e. The van der Waals surface area contributed by atoms with Gasteiger partial charge in [0, 0.05) is 12.1 Å². The highest BCUT2D eigenvalue weighted by Gasteiger charge is 2.22. The van der Waals surface area contributed by atoms with Crippen LogP contribution in [0.3, 0.4) is 0 Å². The van der Waals surface area contributed by atoms with Gasteiger partial charge in [0.1, 0.15) is 0 Å². The van der Waals surface area contributed by atoms with Crippen molar-refractivity contribution in [2.75, 3.05) is 0 Å². The van der Waals surface area contributed by atoms with E-state index in [2.05, 4.69) is 18.9 Å². The summed E-state index contributed by atoms with van der Waals surface area (Å²) < 4.78 is 1.98. The third-order valence-corrected chi connectivity index (χ3v) is 4.48. The van der Waals surface area contributed by atoms with Gasteiger partial charge in [-0.15, -0.1) is 0 Å². The van der Waals surface area contributed by atoms with Crippen molar-refractivity contribution in [1.82, 2.24) is 9.78 Å². The van der Waals surface area contributed by atoms with Crippen LogP contribution in [0.4, 0.5) is 0 Å². The number of nitrogens with two attached hydrogens (primary N) is 1. The van der Waals surface area contributed by atoms with E-state index in [-0.39, 0.29) is 6.04 Å². The zero-order valence-electron chi connectivity index (χ0n) is 12.1. The summed E-state index contributed by atoms with van der Waals surface area (Å²) in [5, 5.41) is 5.07. The molecule has 4 heteroatoms. The van der Waals surface area contributed by atoms with Crippen LogP contribution in [0.25, 0.3) is 0 Å². The number of hydrogen-bond donors (Lipinski definition) is 1. The first-order valence-electron chi connectivity index (χ1n) is 7.58. The van der Waals surface area contributed by atoms with E-state index in [1.807, 2.05) is 4.68 Å². The molecule has 0 spiro atoms. The lowest BCUT2D eigenvalue weighted by Crippen LogP contribution is -2.21. The van der Waals surface area contributed by atoms with Crippen LogP contribution in [0, 0.1) is 5.92 Å². The maximum absolute atomic E-state index is 6.42. The molecular weight excluding hydrogens is 258 g/mol. The number of halogens is 1. The largest absolute Gasteiger partial charge is 0.323 e. The van der Waals surface area contributed by atoms with E-state index in [1.165, 1.54) is 38.5 Å². The summed E-state index contributed by atoms with van der Waals surface area (Å²) in [6.45, 7) is 4.23. The summed E-state index contributed by atoms with van der Waals surface area (Å²) in [6, 6.07) is 0.322. The van der Waals surface area contributed by atoms with Crippen molar-refractivity contribution in [3.63, 3.8) is 0 Å². The van der Waals surface area contributed by atoms with Crippen LogP contribution >= 0.6 is 11.6 Å². The summed E-state index contributed by atoms with van der Waals surface area (Å²) >= 11 is 6.27. The molecule has 0 saturated heterocycles. The molecule has 2 rings (SSSR count). The highest BCUT2D eigenvalue weighted by molar-refractivity contribution is 6.31. The third kappa shape index (κ3) is 3.73. The van der Waals surface area contributed by atoms with Gasteiger partial charge in [0.25, 0.3) is 0 Å². The normalized spacial score (nSPS) is 19.6. The number of rotatable bonds is 4. The van der Waals surface area contributed by atoms with Crippen LogP contribution in [0.1, 0.15) is 76.6 Å². The van der Waals surface area contributed by atoms with E-state index in [4.69, 9.17) is 17.3 Å². The van der Waals surface area contributed by atoms with Crippen LogP contribution in [-0.4, -0.2) is 9.78 Å². The van der Waals surface area contributed by atoms with Crippen molar-refractivity contribution in [2.45, 2.75) is 70.9 Å². The van der Waals surface area contributed by atoms with E-state index in [0.717, 1.165) is 23.1 Å². The summed E-state index contributed by atoms with van der Waals surface area (Å²) in [4.78, 5) is 0. The summed E-state index contributed by atoms with van der Waals surface area (Å²) in [5.41, 5.74) is 7.43. The molecule has 0 aliphatic heterocycles. The number of hydrogen-bond acceptors (Lipinski definition) is 2. The Morgan fingerprint density at radius 3 is 2.53 bits per heavy atom. The Labute approximate surface area is 121 Å². The minimum absolute atomic E-state index is 0.0144. The van der Waals surface area contributed by atoms with E-state index < -0.39 is 0 Å². The van der Waals surface area contributed by atoms with Gasteiger partial charge in [-0.2, -0.15) is 5.10 Å². The monoisotopic (exact) mass is 283 g/mol. The molecule has 1 unspecified atom stereocenters. The Morgan fingerprint density at radius 2 is 1.95 bits per heavy atom. The first-order valence-corrected chi connectivity index (χ1v) is 7.96. The van der Waals surface area contributed by atoms with Gasteiger partial charge in [-0.3, -0.25) is 4.68 Å². The second-order valence-electron chi connectivity index (χ2n) is 6.12. The Kier molecular flexibility index (Phi) is 5.28. The predicted octanol–water partition coefficient (Wildman–Crippen LogP) is 4.48. The quantitative estimate of drug-likeness (QED) is 0.828. The zero-order valence-corrected chi connectivity index (χ0v) is 12.9. The van der Waals surface area contributed by atoms with Crippen molar-refractivity contribution in [1.29, 1.82) is 0 Å². The van der Waals surface area contributed by atoms with E-state index in [9.17, 15) is 0 Å². The second kappa shape index (κ2) is 6.76. The highest BCUT2D eigenvalue weighted by Crippen LogP contribution is 2.33. The lowest BCUT2D eigenvalue weighted by Gasteiger charge is -2.22. The van der Waals surface area contributed by atoms with Gasteiger partial charge in [-0.05, 0) is 26.2 Å². The molecule has 3 nitrogen and oxygen atoms in total. The van der Waals surface area contributed by atoms with Gasteiger partial charge >= 0.3 is 0 Å². The first-order chi connectivity index (χ1) is 9.09. The van der Waals surface area contributed by atoms with Crippen molar-refractivity contribution < 1.29 is 0 Å². The Balaban J connectivity index is 2.06. The first kappa shape index (κ1) is 14.9. The molecule has 0 amide bonds. The fraction of sp³-hybridized carbons (Fsp3) is 0.800. The molecule has 1 aliphatic carbocycles. The van der Waals surface area contributed by atoms with Crippen LogP contribution in [0.2, 0.25) is 5.02 Å². The van der Waals surface area contributed by atoms with Crippen LogP contribution < -0.4 is 5.73 Å². The molecule has 1 saturated carbocycles. The number of aromatic nitrogens is 2. The summed E-state index contributed by atoms with van der Waals surface area (Å²) in [7, 11) is 0. The van der Waals surface area contributed by atoms with Gasteiger partial charge < -0.3 is 5.73 Å². The van der Waals surface area contributed by atoms with Crippen molar-refractivity contribution in [3.8, 4) is 0 Å². The van der Waals surface area contributed by atoms with Crippen molar-refractivity contribution in [2.24, 2.45) is 11.7 Å². The standard InChI is InChI=1S/C15H26ClN3/c1-11(2)19-15(13(16)10-18-19)14(17)9-12-7-5-3-4-6-8-12/h10-12,14H,3-9,17H2,1-2H3. The van der Waals surface area contributed by atoms with Crippen LogP contribution in [-0.2, 0) is 0 Å². The average molecular weight is 284 g/mol. The molecule has 2 N–H and O–H groups in total. The predicted molar refractivity (Wildman–Crippen MR) is 80.4 cm³/mol. The SMILES string of the molecule is CC(C)n1ncc(Cl)c1C(N)CC1CCCCCC1.